The molecule has 1 spiro atoms. The Morgan fingerprint density at radius 2 is 2.08 bits per heavy atom. The van der Waals surface area contributed by atoms with Crippen LogP contribution in [0.1, 0.15) is 46.0 Å². The van der Waals surface area contributed by atoms with Gasteiger partial charge in [-0.15, -0.1) is 0 Å². The zero-order valence-corrected chi connectivity index (χ0v) is 15.9. The standard InChI is InChI=1S/C20H34N4O/c1-3-21-19(24-13-8-16(15-24)23-11-5-6-12-23)22-17-14-18(25-4-2)20(17)9-7-10-20/h5-6,16-18H,3-4,7-15H2,1-2H3,(H,21,22). The van der Waals surface area contributed by atoms with E-state index in [1.54, 1.807) is 0 Å². The van der Waals surface area contributed by atoms with Gasteiger partial charge in [-0.1, -0.05) is 18.6 Å². The van der Waals surface area contributed by atoms with Gasteiger partial charge in [-0.25, -0.2) is 0 Å². The van der Waals surface area contributed by atoms with Crippen molar-refractivity contribution in [2.45, 2.75) is 64.1 Å². The van der Waals surface area contributed by atoms with E-state index in [0.717, 1.165) is 51.7 Å². The molecule has 2 heterocycles. The molecular weight excluding hydrogens is 312 g/mol. The maximum Gasteiger partial charge on any atom is 0.194 e. The lowest BCUT2D eigenvalue weighted by atomic mass is 9.51. The average Bonchev–Trinajstić information content (AvgIpc) is 3.22. The van der Waals surface area contributed by atoms with Gasteiger partial charge in [-0.3, -0.25) is 9.89 Å². The second-order valence-corrected chi connectivity index (χ2v) is 8.08. The van der Waals surface area contributed by atoms with Gasteiger partial charge in [0.25, 0.3) is 0 Å². The fourth-order valence-electron chi connectivity index (χ4n) is 5.21. The minimum Gasteiger partial charge on any atom is -0.378 e. The lowest BCUT2D eigenvalue weighted by Gasteiger charge is -2.61. The SMILES string of the molecule is CCN=C(NC1CC(OCC)C12CCC2)N1CCC(N2CC=CC2)C1. The number of nitrogens with zero attached hydrogens (tertiary/aromatic N) is 3. The molecular formula is C20H34N4O. The van der Waals surface area contributed by atoms with Crippen LogP contribution in [0.15, 0.2) is 17.1 Å². The molecule has 0 aromatic rings. The first kappa shape index (κ1) is 17.3. The van der Waals surface area contributed by atoms with Crippen LogP contribution in [-0.2, 0) is 4.74 Å². The summed E-state index contributed by atoms with van der Waals surface area (Å²) in [6, 6.07) is 1.23. The second-order valence-electron chi connectivity index (χ2n) is 8.08. The maximum atomic E-state index is 6.01. The third kappa shape index (κ3) is 3.10. The van der Waals surface area contributed by atoms with Gasteiger partial charge in [0.15, 0.2) is 5.96 Å². The van der Waals surface area contributed by atoms with Crippen LogP contribution in [0.4, 0.5) is 0 Å². The Labute approximate surface area is 152 Å². The van der Waals surface area contributed by atoms with Crippen LogP contribution >= 0.6 is 0 Å². The maximum absolute atomic E-state index is 6.01. The van der Waals surface area contributed by atoms with Crippen LogP contribution in [0, 0.1) is 5.41 Å². The first-order valence-electron chi connectivity index (χ1n) is 10.3. The first-order chi connectivity index (χ1) is 12.3. The molecule has 4 rings (SSSR count). The summed E-state index contributed by atoms with van der Waals surface area (Å²) in [6.07, 6.45) is 11.4. The van der Waals surface area contributed by atoms with E-state index in [9.17, 15) is 0 Å². The number of guanidine groups is 1. The van der Waals surface area contributed by atoms with E-state index in [2.05, 4.69) is 41.1 Å². The highest BCUT2D eigenvalue weighted by Crippen LogP contribution is 2.57. The average molecular weight is 347 g/mol. The molecule has 0 radical (unpaired) electrons. The van der Waals surface area contributed by atoms with Crippen LogP contribution in [0.25, 0.3) is 0 Å². The lowest BCUT2D eigenvalue weighted by Crippen LogP contribution is -2.68. The molecule has 2 aliphatic carbocycles. The molecule has 0 aromatic carbocycles. The van der Waals surface area contributed by atoms with E-state index < -0.39 is 0 Å². The number of hydrogen-bond donors (Lipinski definition) is 1. The minimum atomic E-state index is 0.391. The predicted octanol–water partition coefficient (Wildman–Crippen LogP) is 2.25. The Morgan fingerprint density at radius 3 is 2.72 bits per heavy atom. The first-order valence-corrected chi connectivity index (χ1v) is 10.3. The van der Waals surface area contributed by atoms with Crippen molar-refractivity contribution in [3.05, 3.63) is 12.2 Å². The van der Waals surface area contributed by atoms with Gasteiger partial charge in [0.05, 0.1) is 6.10 Å². The van der Waals surface area contributed by atoms with E-state index in [-0.39, 0.29) is 0 Å². The molecule has 0 bridgehead atoms. The molecule has 0 aromatic heterocycles. The fourth-order valence-corrected chi connectivity index (χ4v) is 5.21. The highest BCUT2D eigenvalue weighted by Gasteiger charge is 2.59. The monoisotopic (exact) mass is 346 g/mol. The van der Waals surface area contributed by atoms with Gasteiger partial charge in [0.1, 0.15) is 0 Å². The van der Waals surface area contributed by atoms with Crippen molar-refractivity contribution in [2.24, 2.45) is 10.4 Å². The van der Waals surface area contributed by atoms with E-state index in [4.69, 9.17) is 9.73 Å². The van der Waals surface area contributed by atoms with Crippen molar-refractivity contribution >= 4 is 5.96 Å². The van der Waals surface area contributed by atoms with Crippen LogP contribution in [-0.4, -0.2) is 73.3 Å². The van der Waals surface area contributed by atoms with Gasteiger partial charge in [0.2, 0.25) is 0 Å². The molecule has 2 saturated carbocycles. The van der Waals surface area contributed by atoms with Crippen molar-refractivity contribution in [3.8, 4) is 0 Å². The topological polar surface area (TPSA) is 40.1 Å². The van der Waals surface area contributed by atoms with Gasteiger partial charge in [-0.2, -0.15) is 0 Å². The van der Waals surface area contributed by atoms with Crippen molar-refractivity contribution in [1.29, 1.82) is 0 Å². The molecule has 3 unspecified atom stereocenters. The van der Waals surface area contributed by atoms with Gasteiger partial charge < -0.3 is 15.0 Å². The van der Waals surface area contributed by atoms with Crippen LogP contribution in [0.2, 0.25) is 0 Å². The summed E-state index contributed by atoms with van der Waals surface area (Å²) in [5, 5.41) is 3.85. The van der Waals surface area contributed by atoms with E-state index in [0.29, 0.717) is 23.6 Å². The summed E-state index contributed by atoms with van der Waals surface area (Å²) >= 11 is 0. The highest BCUT2D eigenvalue weighted by molar-refractivity contribution is 5.81. The Bertz CT molecular complexity index is 520. The fraction of sp³-hybridized carbons (Fsp3) is 0.850. The molecule has 4 aliphatic rings. The largest absolute Gasteiger partial charge is 0.378 e. The number of hydrogen-bond acceptors (Lipinski definition) is 3. The van der Waals surface area contributed by atoms with Crippen molar-refractivity contribution in [2.75, 3.05) is 39.3 Å². The number of aliphatic imine (C=N–C) groups is 1. The normalized spacial score (nSPS) is 34.4. The zero-order chi connectivity index (χ0) is 17.3. The Morgan fingerprint density at radius 1 is 1.28 bits per heavy atom. The third-order valence-electron chi connectivity index (χ3n) is 6.87. The molecule has 1 N–H and O–H groups in total. The van der Waals surface area contributed by atoms with Crippen LogP contribution in [0.5, 0.6) is 0 Å². The molecule has 3 fully saturated rings. The predicted molar refractivity (Wildman–Crippen MR) is 102 cm³/mol. The number of nitrogens with one attached hydrogen (secondary N) is 1. The van der Waals surface area contributed by atoms with Crippen LogP contribution in [0.3, 0.4) is 0 Å². The van der Waals surface area contributed by atoms with Gasteiger partial charge in [0, 0.05) is 56.8 Å². The second kappa shape index (κ2) is 7.28. The molecule has 2 aliphatic heterocycles. The number of likely N-dealkylation sites (tertiary alicyclic amines) is 1. The summed E-state index contributed by atoms with van der Waals surface area (Å²) in [6.45, 7) is 10.4. The summed E-state index contributed by atoms with van der Waals surface area (Å²) in [5.74, 6) is 1.14. The quantitative estimate of drug-likeness (QED) is 0.471. The third-order valence-corrected chi connectivity index (χ3v) is 6.87. The smallest absolute Gasteiger partial charge is 0.194 e. The van der Waals surface area contributed by atoms with Crippen molar-refractivity contribution in [3.63, 3.8) is 0 Å². The molecule has 0 amide bonds. The summed E-state index contributed by atoms with van der Waals surface area (Å²) < 4.78 is 6.01. The van der Waals surface area contributed by atoms with E-state index >= 15 is 0 Å². The van der Waals surface area contributed by atoms with Gasteiger partial charge in [-0.05, 0) is 39.5 Å². The summed E-state index contributed by atoms with van der Waals surface area (Å²) in [5.41, 5.74) is 0.391. The van der Waals surface area contributed by atoms with Crippen molar-refractivity contribution in [1.82, 2.24) is 15.1 Å². The van der Waals surface area contributed by atoms with E-state index in [1.807, 2.05) is 0 Å². The molecule has 5 nitrogen and oxygen atoms in total. The summed E-state index contributed by atoms with van der Waals surface area (Å²) in [4.78, 5) is 9.92. The lowest BCUT2D eigenvalue weighted by molar-refractivity contribution is -0.168. The number of ether oxygens (including phenoxy) is 1. The van der Waals surface area contributed by atoms with Gasteiger partial charge >= 0.3 is 0 Å². The Kier molecular flexibility index (Phi) is 5.05. The Balaban J connectivity index is 1.37. The highest BCUT2D eigenvalue weighted by atomic mass is 16.5. The van der Waals surface area contributed by atoms with Crippen LogP contribution < -0.4 is 5.32 Å². The zero-order valence-electron chi connectivity index (χ0n) is 15.9. The molecule has 140 valence electrons. The molecule has 5 heteroatoms. The Hall–Kier alpha value is -1.07. The molecule has 3 atom stereocenters. The number of rotatable bonds is 5. The minimum absolute atomic E-state index is 0.391. The van der Waals surface area contributed by atoms with Crippen molar-refractivity contribution < 1.29 is 4.74 Å². The van der Waals surface area contributed by atoms with E-state index in [1.165, 1.54) is 25.7 Å². The molecule has 1 saturated heterocycles. The summed E-state index contributed by atoms with van der Waals surface area (Å²) in [7, 11) is 0. The molecule has 25 heavy (non-hydrogen) atoms.